The van der Waals surface area contributed by atoms with E-state index < -0.39 is 0 Å². The van der Waals surface area contributed by atoms with E-state index in [-0.39, 0.29) is 12.1 Å². The highest BCUT2D eigenvalue weighted by Gasteiger charge is 2.24. The second-order valence-electron chi connectivity index (χ2n) is 6.99. The van der Waals surface area contributed by atoms with Crippen LogP contribution in [0.2, 0.25) is 0 Å². The zero-order valence-corrected chi connectivity index (χ0v) is 15.4. The number of likely N-dealkylation sites (tertiary alicyclic amines) is 1. The van der Waals surface area contributed by atoms with Crippen LogP contribution in [-0.4, -0.2) is 55.2 Å². The Kier molecular flexibility index (Phi) is 7.06. The fourth-order valence-electron chi connectivity index (χ4n) is 2.97. The van der Waals surface area contributed by atoms with Crippen LogP contribution in [0, 0.1) is 0 Å². The van der Waals surface area contributed by atoms with Crippen molar-refractivity contribution in [1.82, 2.24) is 15.1 Å². The van der Waals surface area contributed by atoms with Gasteiger partial charge in [0.1, 0.15) is 0 Å². The van der Waals surface area contributed by atoms with Crippen LogP contribution >= 0.6 is 0 Å². The highest BCUT2D eigenvalue weighted by molar-refractivity contribution is 5.74. The molecular formula is C19H31N3O2. The first-order chi connectivity index (χ1) is 11.5. The van der Waals surface area contributed by atoms with Crippen LogP contribution in [0.15, 0.2) is 24.3 Å². The van der Waals surface area contributed by atoms with Gasteiger partial charge in [0.2, 0.25) is 0 Å². The third-order valence-electron chi connectivity index (χ3n) is 4.53. The summed E-state index contributed by atoms with van der Waals surface area (Å²) in [6.07, 6.45) is 2.42. The maximum atomic E-state index is 12.5. The number of urea groups is 1. The van der Waals surface area contributed by atoms with Crippen molar-refractivity contribution in [1.29, 1.82) is 0 Å². The van der Waals surface area contributed by atoms with Gasteiger partial charge >= 0.3 is 6.03 Å². The molecule has 0 saturated carbocycles. The molecule has 0 radical (unpaired) electrons. The van der Waals surface area contributed by atoms with E-state index in [0.29, 0.717) is 19.2 Å². The zero-order valence-electron chi connectivity index (χ0n) is 15.4. The maximum absolute atomic E-state index is 12.5. The summed E-state index contributed by atoms with van der Waals surface area (Å²) >= 11 is 0. The van der Waals surface area contributed by atoms with Gasteiger partial charge in [0, 0.05) is 25.7 Å². The number of ether oxygens (including phenoxy) is 1. The molecule has 0 unspecified atom stereocenters. The van der Waals surface area contributed by atoms with E-state index >= 15 is 0 Å². The molecule has 1 aromatic carbocycles. The van der Waals surface area contributed by atoms with Crippen LogP contribution in [0.5, 0.6) is 0 Å². The molecular weight excluding hydrogens is 302 g/mol. The molecule has 134 valence electrons. The van der Waals surface area contributed by atoms with Crippen molar-refractivity contribution >= 4 is 6.03 Å². The van der Waals surface area contributed by atoms with Crippen LogP contribution in [-0.2, 0) is 17.9 Å². The van der Waals surface area contributed by atoms with Crippen molar-refractivity contribution in [2.75, 3.05) is 27.2 Å². The van der Waals surface area contributed by atoms with Gasteiger partial charge in [-0.15, -0.1) is 0 Å². The number of carbonyl (C=O) groups excluding carboxylic acids is 1. The van der Waals surface area contributed by atoms with Gasteiger partial charge in [-0.2, -0.15) is 0 Å². The molecule has 1 N–H and O–H groups in total. The topological polar surface area (TPSA) is 44.8 Å². The van der Waals surface area contributed by atoms with Gasteiger partial charge in [0.15, 0.2) is 0 Å². The summed E-state index contributed by atoms with van der Waals surface area (Å²) in [5, 5.41) is 3.07. The van der Waals surface area contributed by atoms with E-state index in [2.05, 4.69) is 36.4 Å². The number of rotatable bonds is 6. The Morgan fingerprint density at radius 2 is 2.04 bits per heavy atom. The largest absolute Gasteiger partial charge is 0.374 e. The Morgan fingerprint density at radius 1 is 1.33 bits per heavy atom. The summed E-state index contributed by atoms with van der Waals surface area (Å²) in [6, 6.07) is 8.61. The lowest BCUT2D eigenvalue weighted by atomic mass is 10.1. The van der Waals surface area contributed by atoms with E-state index in [1.54, 1.807) is 0 Å². The number of hydrogen-bond donors (Lipinski definition) is 1. The Labute approximate surface area is 146 Å². The summed E-state index contributed by atoms with van der Waals surface area (Å²) in [7, 11) is 4.16. The average molecular weight is 333 g/mol. The van der Waals surface area contributed by atoms with Crippen molar-refractivity contribution in [2.45, 2.75) is 52.0 Å². The minimum absolute atomic E-state index is 0.0288. The van der Waals surface area contributed by atoms with Crippen molar-refractivity contribution in [3.8, 4) is 0 Å². The number of benzene rings is 1. The van der Waals surface area contributed by atoms with Gasteiger partial charge in [-0.1, -0.05) is 24.3 Å². The third kappa shape index (κ3) is 5.49. The first-order valence-electron chi connectivity index (χ1n) is 8.85. The number of hydrogen-bond acceptors (Lipinski definition) is 3. The molecule has 0 aliphatic carbocycles. The van der Waals surface area contributed by atoms with Crippen LogP contribution in [0.4, 0.5) is 4.79 Å². The van der Waals surface area contributed by atoms with Crippen molar-refractivity contribution in [2.24, 2.45) is 0 Å². The van der Waals surface area contributed by atoms with E-state index in [4.69, 9.17) is 4.74 Å². The number of piperidine rings is 1. The molecule has 2 rings (SSSR count). The number of nitrogens with zero attached hydrogens (tertiary/aromatic N) is 2. The van der Waals surface area contributed by atoms with Gasteiger partial charge in [-0.05, 0) is 51.9 Å². The van der Waals surface area contributed by atoms with Crippen LogP contribution in [0.25, 0.3) is 0 Å². The van der Waals surface area contributed by atoms with E-state index in [1.807, 2.05) is 30.9 Å². The van der Waals surface area contributed by atoms with Crippen LogP contribution in [0.1, 0.15) is 37.8 Å². The molecule has 1 aliphatic rings. The predicted molar refractivity (Wildman–Crippen MR) is 96.9 cm³/mol. The Morgan fingerprint density at radius 3 is 2.71 bits per heavy atom. The smallest absolute Gasteiger partial charge is 0.317 e. The fourth-order valence-corrected chi connectivity index (χ4v) is 2.97. The van der Waals surface area contributed by atoms with Gasteiger partial charge < -0.3 is 19.9 Å². The normalized spacial score (nSPS) is 18.2. The maximum Gasteiger partial charge on any atom is 0.317 e. The van der Waals surface area contributed by atoms with Crippen LogP contribution < -0.4 is 5.32 Å². The molecule has 1 aliphatic heterocycles. The third-order valence-corrected chi connectivity index (χ3v) is 4.53. The molecule has 1 heterocycles. The molecule has 5 nitrogen and oxygen atoms in total. The van der Waals surface area contributed by atoms with E-state index in [9.17, 15) is 4.79 Å². The zero-order chi connectivity index (χ0) is 17.5. The summed E-state index contributed by atoms with van der Waals surface area (Å²) in [4.78, 5) is 16.6. The van der Waals surface area contributed by atoms with E-state index in [0.717, 1.165) is 37.1 Å². The molecule has 1 aromatic rings. The highest BCUT2D eigenvalue weighted by Crippen LogP contribution is 2.15. The van der Waals surface area contributed by atoms with Gasteiger partial charge in [-0.25, -0.2) is 4.79 Å². The lowest BCUT2D eigenvalue weighted by Gasteiger charge is -2.36. The summed E-state index contributed by atoms with van der Waals surface area (Å²) in [6.45, 7) is 6.82. The van der Waals surface area contributed by atoms with E-state index in [1.165, 1.54) is 0 Å². The monoisotopic (exact) mass is 333 g/mol. The molecule has 5 heteroatoms. The summed E-state index contributed by atoms with van der Waals surface area (Å²) in [5.41, 5.74) is 2.25. The summed E-state index contributed by atoms with van der Waals surface area (Å²) in [5.74, 6) is 0. The van der Waals surface area contributed by atoms with Crippen LogP contribution in [0.3, 0.4) is 0 Å². The SMILES string of the molecule is CC(C)OCc1ccccc1CNC(=O)N1CCC[C@H](N(C)C)C1. The Hall–Kier alpha value is -1.59. The minimum Gasteiger partial charge on any atom is -0.374 e. The van der Waals surface area contributed by atoms with Crippen molar-refractivity contribution < 1.29 is 9.53 Å². The minimum atomic E-state index is 0.0288. The lowest BCUT2D eigenvalue weighted by Crippen LogP contribution is -2.50. The van der Waals surface area contributed by atoms with Crippen molar-refractivity contribution in [3.05, 3.63) is 35.4 Å². The molecule has 0 bridgehead atoms. The molecule has 1 fully saturated rings. The first-order valence-corrected chi connectivity index (χ1v) is 8.85. The number of likely N-dealkylation sites (N-methyl/N-ethyl adjacent to an activating group) is 1. The molecule has 24 heavy (non-hydrogen) atoms. The predicted octanol–water partition coefficient (Wildman–Crippen LogP) is 2.85. The number of carbonyl (C=O) groups is 1. The molecule has 0 spiro atoms. The number of amides is 2. The lowest BCUT2D eigenvalue weighted by molar-refractivity contribution is 0.0652. The standard InChI is InChI=1S/C19H31N3O2/c1-15(2)24-14-17-9-6-5-8-16(17)12-20-19(23)22-11-7-10-18(13-22)21(3)4/h5-6,8-9,15,18H,7,10-14H2,1-4H3,(H,20,23)/t18-/m0/s1. The van der Waals surface area contributed by atoms with Gasteiger partial charge in [0.05, 0.1) is 12.7 Å². The first kappa shape index (κ1) is 18.7. The molecule has 1 atom stereocenters. The Balaban J connectivity index is 1.89. The molecule has 2 amide bonds. The molecule has 0 aromatic heterocycles. The summed E-state index contributed by atoms with van der Waals surface area (Å²) < 4.78 is 5.70. The molecule has 1 saturated heterocycles. The fraction of sp³-hybridized carbons (Fsp3) is 0.632. The average Bonchev–Trinajstić information content (AvgIpc) is 2.58. The number of nitrogens with one attached hydrogen (secondary N) is 1. The van der Waals surface area contributed by atoms with Gasteiger partial charge in [-0.3, -0.25) is 0 Å². The van der Waals surface area contributed by atoms with Crippen molar-refractivity contribution in [3.63, 3.8) is 0 Å². The van der Waals surface area contributed by atoms with Gasteiger partial charge in [0.25, 0.3) is 0 Å². The quantitative estimate of drug-likeness (QED) is 0.871. The highest BCUT2D eigenvalue weighted by atomic mass is 16.5. The Bertz CT molecular complexity index is 531. The second kappa shape index (κ2) is 9.04. The second-order valence-corrected chi connectivity index (χ2v) is 6.99.